The molecule has 0 spiro atoms. The minimum atomic E-state index is -0.518. The molecule has 0 saturated carbocycles. The molecule has 1 heterocycles. The molecule has 3 aromatic rings. The zero-order valence-corrected chi connectivity index (χ0v) is 14.8. The number of non-ortho nitro benzene ring substituents is 1. The molecule has 0 fully saturated rings. The Morgan fingerprint density at radius 2 is 1.72 bits per heavy atom. The molecule has 3 rings (SSSR count). The van der Waals surface area contributed by atoms with Gasteiger partial charge in [-0.25, -0.2) is 5.43 Å². The number of carbonyl (C=O) groups excluding carboxylic acids is 1. The summed E-state index contributed by atoms with van der Waals surface area (Å²) in [5, 5.41) is 25.5. The first-order valence-corrected chi connectivity index (χ1v) is 8.33. The fourth-order valence-corrected chi connectivity index (χ4v) is 2.54. The molecular weight excluding hydrogens is 380 g/mol. The van der Waals surface area contributed by atoms with Crippen molar-refractivity contribution >= 4 is 23.5 Å². The first kappa shape index (κ1) is 19.4. The van der Waals surface area contributed by atoms with E-state index in [2.05, 4.69) is 10.5 Å². The average Bonchev–Trinajstić information content (AvgIpc) is 3.17. The Kier molecular flexibility index (Phi) is 5.74. The van der Waals surface area contributed by atoms with E-state index in [-0.39, 0.29) is 17.8 Å². The van der Waals surface area contributed by atoms with Crippen LogP contribution in [0.2, 0.25) is 0 Å². The Hall–Kier alpha value is -4.34. The molecule has 0 aliphatic rings. The monoisotopic (exact) mass is 394 g/mol. The van der Waals surface area contributed by atoms with E-state index in [9.17, 15) is 25.0 Å². The van der Waals surface area contributed by atoms with Crippen molar-refractivity contribution in [1.82, 2.24) is 5.43 Å². The molecule has 10 nitrogen and oxygen atoms in total. The van der Waals surface area contributed by atoms with Crippen molar-refractivity contribution in [2.75, 3.05) is 0 Å². The van der Waals surface area contributed by atoms with Crippen LogP contribution in [0.3, 0.4) is 0 Å². The molecule has 146 valence electrons. The highest BCUT2D eigenvalue weighted by Gasteiger charge is 2.16. The van der Waals surface area contributed by atoms with E-state index in [1.165, 1.54) is 36.5 Å². The average molecular weight is 394 g/mol. The first-order chi connectivity index (χ1) is 13.9. The summed E-state index contributed by atoms with van der Waals surface area (Å²) in [5.41, 5.74) is 3.12. The van der Waals surface area contributed by atoms with Crippen LogP contribution in [0.4, 0.5) is 11.4 Å². The van der Waals surface area contributed by atoms with Gasteiger partial charge in [0.1, 0.15) is 11.5 Å². The van der Waals surface area contributed by atoms with Gasteiger partial charge < -0.3 is 4.42 Å². The Morgan fingerprint density at radius 1 is 1.00 bits per heavy atom. The zero-order chi connectivity index (χ0) is 20.8. The van der Waals surface area contributed by atoms with Gasteiger partial charge in [0.2, 0.25) is 5.91 Å². The summed E-state index contributed by atoms with van der Waals surface area (Å²) < 4.78 is 5.53. The summed E-state index contributed by atoms with van der Waals surface area (Å²) >= 11 is 0. The molecule has 0 unspecified atom stereocenters. The van der Waals surface area contributed by atoms with Gasteiger partial charge in [0.05, 0.1) is 28.0 Å². The number of rotatable bonds is 7. The Bertz CT molecular complexity index is 1090. The van der Waals surface area contributed by atoms with Gasteiger partial charge in [-0.3, -0.25) is 25.0 Å². The summed E-state index contributed by atoms with van der Waals surface area (Å²) in [6.07, 6.45) is 1.26. The second-order valence-electron chi connectivity index (χ2n) is 5.87. The van der Waals surface area contributed by atoms with Crippen molar-refractivity contribution in [3.63, 3.8) is 0 Å². The first-order valence-electron chi connectivity index (χ1n) is 8.33. The number of carbonyl (C=O) groups is 1. The van der Waals surface area contributed by atoms with Crippen molar-refractivity contribution in [2.24, 2.45) is 5.10 Å². The predicted molar refractivity (Wildman–Crippen MR) is 103 cm³/mol. The van der Waals surface area contributed by atoms with E-state index < -0.39 is 15.8 Å². The van der Waals surface area contributed by atoms with Crippen LogP contribution in [-0.2, 0) is 11.2 Å². The van der Waals surface area contributed by atoms with Crippen LogP contribution in [0.5, 0.6) is 0 Å². The normalized spacial score (nSPS) is 10.8. The van der Waals surface area contributed by atoms with Crippen LogP contribution in [-0.4, -0.2) is 22.0 Å². The summed E-state index contributed by atoms with van der Waals surface area (Å²) in [7, 11) is 0. The van der Waals surface area contributed by atoms with E-state index in [0.717, 1.165) is 0 Å². The molecule has 1 N–H and O–H groups in total. The lowest BCUT2D eigenvalue weighted by molar-refractivity contribution is -0.384. The molecule has 29 heavy (non-hydrogen) atoms. The van der Waals surface area contributed by atoms with Crippen LogP contribution in [0.15, 0.2) is 70.2 Å². The molecule has 1 amide bonds. The summed E-state index contributed by atoms with van der Waals surface area (Å²) in [5.74, 6) is 0.185. The van der Waals surface area contributed by atoms with Gasteiger partial charge in [0.15, 0.2) is 0 Å². The highest BCUT2D eigenvalue weighted by atomic mass is 16.6. The van der Waals surface area contributed by atoms with Gasteiger partial charge in [-0.2, -0.15) is 5.10 Å². The summed E-state index contributed by atoms with van der Waals surface area (Å²) in [4.78, 5) is 32.6. The third-order valence-electron chi connectivity index (χ3n) is 3.89. The number of amides is 1. The van der Waals surface area contributed by atoms with Crippen molar-refractivity contribution < 1.29 is 19.1 Å². The standard InChI is InChI=1S/C19H14N4O6/c24-19(11-13-5-7-14(8-6-13)22(25)26)21-20-12-15-9-10-18(29-15)16-3-1-2-4-17(16)23(27)28/h1-10,12H,11H2,(H,21,24). The van der Waals surface area contributed by atoms with E-state index in [1.54, 1.807) is 30.3 Å². The Labute approximate surface area is 163 Å². The van der Waals surface area contributed by atoms with Crippen LogP contribution in [0, 0.1) is 20.2 Å². The Morgan fingerprint density at radius 3 is 2.41 bits per heavy atom. The number of hydrazone groups is 1. The van der Waals surface area contributed by atoms with Gasteiger partial charge in [-0.05, 0) is 23.8 Å². The van der Waals surface area contributed by atoms with Crippen LogP contribution in [0.25, 0.3) is 11.3 Å². The molecule has 10 heteroatoms. The SMILES string of the molecule is O=C(Cc1ccc([N+](=O)[O-])cc1)NN=Cc1ccc(-c2ccccc2[N+](=O)[O-])o1. The fraction of sp³-hybridized carbons (Fsp3) is 0.0526. The second-order valence-corrected chi connectivity index (χ2v) is 5.87. The lowest BCUT2D eigenvalue weighted by Gasteiger charge is -2.00. The smallest absolute Gasteiger partial charge is 0.280 e. The molecule has 0 atom stereocenters. The fourth-order valence-electron chi connectivity index (χ4n) is 2.54. The molecule has 0 radical (unpaired) electrons. The van der Waals surface area contributed by atoms with Crippen molar-refractivity contribution in [1.29, 1.82) is 0 Å². The van der Waals surface area contributed by atoms with Crippen molar-refractivity contribution in [2.45, 2.75) is 6.42 Å². The number of furan rings is 1. The minimum absolute atomic E-state index is 0.00501. The van der Waals surface area contributed by atoms with Gasteiger partial charge in [0, 0.05) is 18.2 Å². The maximum Gasteiger partial charge on any atom is 0.280 e. The number of nitro benzene ring substituents is 2. The van der Waals surface area contributed by atoms with E-state index in [1.807, 2.05) is 0 Å². The molecular formula is C19H14N4O6. The van der Waals surface area contributed by atoms with E-state index in [4.69, 9.17) is 4.42 Å². The quantitative estimate of drug-likeness (QED) is 0.369. The van der Waals surface area contributed by atoms with Gasteiger partial charge in [-0.15, -0.1) is 0 Å². The molecule has 2 aromatic carbocycles. The van der Waals surface area contributed by atoms with Crippen LogP contribution in [0.1, 0.15) is 11.3 Å². The maximum atomic E-state index is 11.9. The number of nitro groups is 2. The molecule has 1 aromatic heterocycles. The van der Waals surface area contributed by atoms with Crippen LogP contribution >= 0.6 is 0 Å². The van der Waals surface area contributed by atoms with Crippen molar-refractivity contribution in [3.8, 4) is 11.3 Å². The lowest BCUT2D eigenvalue weighted by atomic mass is 10.1. The molecule has 0 bridgehead atoms. The highest BCUT2D eigenvalue weighted by molar-refractivity contribution is 5.82. The summed E-state index contributed by atoms with van der Waals surface area (Å²) in [6, 6.07) is 14.9. The molecule has 0 saturated heterocycles. The number of nitrogens with one attached hydrogen (secondary N) is 1. The van der Waals surface area contributed by atoms with Crippen molar-refractivity contribution in [3.05, 3.63) is 92.2 Å². The Balaban J connectivity index is 1.61. The minimum Gasteiger partial charge on any atom is -0.455 e. The lowest BCUT2D eigenvalue weighted by Crippen LogP contribution is -2.19. The summed E-state index contributed by atoms with van der Waals surface area (Å²) in [6.45, 7) is 0. The topological polar surface area (TPSA) is 141 Å². The van der Waals surface area contributed by atoms with Gasteiger partial charge in [0.25, 0.3) is 11.4 Å². The largest absolute Gasteiger partial charge is 0.455 e. The third-order valence-corrected chi connectivity index (χ3v) is 3.89. The number of hydrogen-bond donors (Lipinski definition) is 1. The van der Waals surface area contributed by atoms with Gasteiger partial charge >= 0.3 is 0 Å². The highest BCUT2D eigenvalue weighted by Crippen LogP contribution is 2.30. The molecule has 0 aliphatic heterocycles. The zero-order valence-electron chi connectivity index (χ0n) is 14.8. The molecule has 0 aliphatic carbocycles. The number of hydrogen-bond acceptors (Lipinski definition) is 7. The van der Waals surface area contributed by atoms with E-state index >= 15 is 0 Å². The predicted octanol–water partition coefficient (Wildman–Crippen LogP) is 3.46. The van der Waals surface area contributed by atoms with Crippen LogP contribution < -0.4 is 5.43 Å². The number of para-hydroxylation sites is 1. The van der Waals surface area contributed by atoms with E-state index in [0.29, 0.717) is 22.6 Å². The maximum absolute atomic E-state index is 11.9. The number of nitrogens with zero attached hydrogens (tertiary/aromatic N) is 3. The number of benzene rings is 2. The van der Waals surface area contributed by atoms with Gasteiger partial charge in [-0.1, -0.05) is 24.3 Å². The second kappa shape index (κ2) is 8.57. The third kappa shape index (κ3) is 4.89.